The Morgan fingerprint density at radius 3 is 2.91 bits per heavy atom. The number of H-pyrrole nitrogens is 1. The Kier molecular flexibility index (Phi) is 1.45. The summed E-state index contributed by atoms with van der Waals surface area (Å²) in [6.07, 6.45) is 4.70. The van der Waals surface area contributed by atoms with E-state index in [1.165, 1.54) is 12.7 Å². The SMILES string of the molecule is O=c1nc[nH]nc1C1CCC1. The second-order valence-electron chi connectivity index (χ2n) is 2.82. The molecule has 1 aliphatic carbocycles. The Labute approximate surface area is 63.7 Å². The molecule has 0 aromatic carbocycles. The second-order valence-corrected chi connectivity index (χ2v) is 2.82. The highest BCUT2D eigenvalue weighted by Gasteiger charge is 2.23. The highest BCUT2D eigenvalue weighted by Crippen LogP contribution is 2.32. The molecule has 0 unspecified atom stereocenters. The van der Waals surface area contributed by atoms with Crippen molar-refractivity contribution in [3.63, 3.8) is 0 Å². The quantitative estimate of drug-likeness (QED) is 0.633. The van der Waals surface area contributed by atoms with Gasteiger partial charge in [0.1, 0.15) is 12.0 Å². The number of aromatic nitrogens is 3. The van der Waals surface area contributed by atoms with E-state index in [-0.39, 0.29) is 5.56 Å². The van der Waals surface area contributed by atoms with Crippen molar-refractivity contribution in [3.8, 4) is 0 Å². The molecule has 0 saturated heterocycles. The molecular weight excluding hydrogens is 142 g/mol. The van der Waals surface area contributed by atoms with Crippen LogP contribution in [-0.2, 0) is 0 Å². The van der Waals surface area contributed by atoms with Crippen LogP contribution in [-0.4, -0.2) is 15.2 Å². The first-order valence-corrected chi connectivity index (χ1v) is 3.78. The molecule has 0 aliphatic heterocycles. The Hall–Kier alpha value is -1.19. The third kappa shape index (κ3) is 1.04. The van der Waals surface area contributed by atoms with Crippen LogP contribution in [0.25, 0.3) is 0 Å². The summed E-state index contributed by atoms with van der Waals surface area (Å²) < 4.78 is 0. The van der Waals surface area contributed by atoms with Crippen molar-refractivity contribution in [3.05, 3.63) is 22.4 Å². The predicted octanol–water partition coefficient (Wildman–Crippen LogP) is 0.432. The summed E-state index contributed by atoms with van der Waals surface area (Å²) in [5.41, 5.74) is 0.437. The Morgan fingerprint density at radius 1 is 1.55 bits per heavy atom. The molecule has 0 bridgehead atoms. The molecule has 4 heteroatoms. The molecular formula is C7H9N3O. The summed E-state index contributed by atoms with van der Waals surface area (Å²) in [6, 6.07) is 0. The van der Waals surface area contributed by atoms with E-state index >= 15 is 0 Å². The molecule has 11 heavy (non-hydrogen) atoms. The minimum Gasteiger partial charge on any atom is -0.267 e. The molecule has 4 nitrogen and oxygen atoms in total. The van der Waals surface area contributed by atoms with Crippen LogP contribution < -0.4 is 5.56 Å². The molecule has 0 radical (unpaired) electrons. The number of rotatable bonds is 1. The molecule has 0 atom stereocenters. The first kappa shape index (κ1) is 6.52. The fourth-order valence-corrected chi connectivity index (χ4v) is 1.25. The number of nitrogens with zero attached hydrogens (tertiary/aromatic N) is 2. The lowest BCUT2D eigenvalue weighted by Gasteiger charge is -2.22. The molecule has 1 fully saturated rings. The van der Waals surface area contributed by atoms with Crippen LogP contribution in [0.3, 0.4) is 0 Å². The average molecular weight is 151 g/mol. The van der Waals surface area contributed by atoms with Gasteiger partial charge in [-0.15, -0.1) is 0 Å². The Bertz CT molecular complexity index is 303. The molecule has 1 N–H and O–H groups in total. The largest absolute Gasteiger partial charge is 0.294 e. The Balaban J connectivity index is 2.36. The monoisotopic (exact) mass is 151 g/mol. The van der Waals surface area contributed by atoms with Crippen LogP contribution in [0.5, 0.6) is 0 Å². The van der Waals surface area contributed by atoms with E-state index in [0.29, 0.717) is 11.6 Å². The summed E-state index contributed by atoms with van der Waals surface area (Å²) in [5.74, 6) is 0.368. The molecule has 1 aromatic rings. The summed E-state index contributed by atoms with van der Waals surface area (Å²) in [6.45, 7) is 0. The number of aromatic amines is 1. The normalized spacial score (nSPS) is 17.8. The van der Waals surface area contributed by atoms with Gasteiger partial charge in [-0.25, -0.2) is 0 Å². The van der Waals surface area contributed by atoms with Crippen LogP contribution in [0, 0.1) is 0 Å². The van der Waals surface area contributed by atoms with Crippen molar-refractivity contribution >= 4 is 0 Å². The van der Waals surface area contributed by atoms with Gasteiger partial charge in [0.05, 0.1) is 0 Å². The molecule has 1 heterocycles. The van der Waals surface area contributed by atoms with Gasteiger partial charge in [-0.05, 0) is 12.8 Å². The van der Waals surface area contributed by atoms with Gasteiger partial charge < -0.3 is 0 Å². The second kappa shape index (κ2) is 2.45. The zero-order chi connectivity index (χ0) is 7.68. The number of nitrogens with one attached hydrogen (secondary N) is 1. The first-order valence-electron chi connectivity index (χ1n) is 3.78. The summed E-state index contributed by atoms with van der Waals surface area (Å²) in [4.78, 5) is 14.7. The van der Waals surface area contributed by atoms with E-state index < -0.39 is 0 Å². The van der Waals surface area contributed by atoms with Crippen molar-refractivity contribution in [1.29, 1.82) is 0 Å². The molecule has 1 aliphatic rings. The van der Waals surface area contributed by atoms with Gasteiger partial charge in [0.2, 0.25) is 0 Å². The maximum Gasteiger partial charge on any atom is 0.294 e. The predicted molar refractivity (Wildman–Crippen MR) is 39.2 cm³/mol. The molecule has 2 rings (SSSR count). The average Bonchev–Trinajstić information content (AvgIpc) is 1.90. The van der Waals surface area contributed by atoms with E-state index in [1.54, 1.807) is 0 Å². The van der Waals surface area contributed by atoms with E-state index in [2.05, 4.69) is 15.2 Å². The topological polar surface area (TPSA) is 58.6 Å². The summed E-state index contributed by atoms with van der Waals surface area (Å²) in [7, 11) is 0. The van der Waals surface area contributed by atoms with Gasteiger partial charge in [-0.3, -0.25) is 9.89 Å². The van der Waals surface area contributed by atoms with Crippen LogP contribution >= 0.6 is 0 Å². The van der Waals surface area contributed by atoms with E-state index in [0.717, 1.165) is 12.8 Å². The van der Waals surface area contributed by atoms with Crippen molar-refractivity contribution in [2.75, 3.05) is 0 Å². The minimum atomic E-state index is -0.173. The maximum atomic E-state index is 11.1. The maximum absolute atomic E-state index is 11.1. The van der Waals surface area contributed by atoms with Crippen molar-refractivity contribution < 1.29 is 0 Å². The summed E-state index contributed by atoms with van der Waals surface area (Å²) >= 11 is 0. The van der Waals surface area contributed by atoms with Gasteiger partial charge in [-0.1, -0.05) is 6.42 Å². The first-order chi connectivity index (χ1) is 5.38. The lowest BCUT2D eigenvalue weighted by molar-refractivity contribution is 0.403. The van der Waals surface area contributed by atoms with Crippen LogP contribution in [0.4, 0.5) is 0 Å². The smallest absolute Gasteiger partial charge is 0.267 e. The van der Waals surface area contributed by atoms with Gasteiger partial charge >= 0.3 is 0 Å². The lowest BCUT2D eigenvalue weighted by Crippen LogP contribution is -2.23. The fourth-order valence-electron chi connectivity index (χ4n) is 1.25. The fraction of sp³-hybridized carbons (Fsp3) is 0.571. The van der Waals surface area contributed by atoms with Gasteiger partial charge in [0.15, 0.2) is 0 Å². The van der Waals surface area contributed by atoms with Crippen LogP contribution in [0.1, 0.15) is 30.9 Å². The van der Waals surface area contributed by atoms with Crippen molar-refractivity contribution in [2.24, 2.45) is 0 Å². The summed E-state index contributed by atoms with van der Waals surface area (Å²) in [5, 5.41) is 6.49. The number of hydrogen-bond donors (Lipinski definition) is 1. The zero-order valence-corrected chi connectivity index (χ0v) is 6.08. The number of hydrogen-bond acceptors (Lipinski definition) is 3. The van der Waals surface area contributed by atoms with E-state index in [9.17, 15) is 4.79 Å². The van der Waals surface area contributed by atoms with E-state index in [4.69, 9.17) is 0 Å². The highest BCUT2D eigenvalue weighted by molar-refractivity contribution is 5.04. The standard InChI is InChI=1S/C7H9N3O/c11-7-6(5-2-1-3-5)10-9-4-8-7/h4-5H,1-3H2,(H,8,9,11). The van der Waals surface area contributed by atoms with Gasteiger partial charge in [0, 0.05) is 5.92 Å². The van der Waals surface area contributed by atoms with Crippen molar-refractivity contribution in [2.45, 2.75) is 25.2 Å². The minimum absolute atomic E-state index is 0.173. The third-order valence-electron chi connectivity index (χ3n) is 2.14. The molecule has 0 amide bonds. The van der Waals surface area contributed by atoms with Crippen LogP contribution in [0.15, 0.2) is 11.1 Å². The van der Waals surface area contributed by atoms with E-state index in [1.807, 2.05) is 0 Å². The van der Waals surface area contributed by atoms with Crippen molar-refractivity contribution in [1.82, 2.24) is 15.2 Å². The van der Waals surface area contributed by atoms with Gasteiger partial charge in [-0.2, -0.15) is 10.1 Å². The molecule has 1 saturated carbocycles. The van der Waals surface area contributed by atoms with Gasteiger partial charge in [0.25, 0.3) is 5.56 Å². The highest BCUT2D eigenvalue weighted by atomic mass is 16.1. The van der Waals surface area contributed by atoms with Crippen LogP contribution in [0.2, 0.25) is 0 Å². The Morgan fingerprint density at radius 2 is 2.36 bits per heavy atom. The molecule has 0 spiro atoms. The molecule has 58 valence electrons. The molecule has 1 aromatic heterocycles. The third-order valence-corrected chi connectivity index (χ3v) is 2.14. The zero-order valence-electron chi connectivity index (χ0n) is 6.08. The lowest BCUT2D eigenvalue weighted by atomic mass is 9.83.